The number of aryl methyl sites for hydroxylation is 1. The Morgan fingerprint density at radius 1 is 1.25 bits per heavy atom. The van der Waals surface area contributed by atoms with Gasteiger partial charge in [0.1, 0.15) is 12.7 Å². The van der Waals surface area contributed by atoms with Crippen LogP contribution >= 0.6 is 13.5 Å². The van der Waals surface area contributed by atoms with Gasteiger partial charge in [0.25, 0.3) is 0 Å². The van der Waals surface area contributed by atoms with Gasteiger partial charge in [-0.2, -0.15) is 13.5 Å². The van der Waals surface area contributed by atoms with Gasteiger partial charge in [0, 0.05) is 51.2 Å². The Kier molecular flexibility index (Phi) is 7.52. The minimum absolute atomic E-state index is 0. The molecule has 0 bridgehead atoms. The van der Waals surface area contributed by atoms with Crippen LogP contribution in [0.4, 0.5) is 5.69 Å². The standard InChI is InChI=1S/C23H27N5O3.H2S/c1-15-11-17(5-6-21(15)27(3)4)19-12-20-22(25-8-7-24-20)23(26-19)31-14-18-13-28(16(2)29)9-10-30-18;/h5-8,11-12,18H,9-10,13-14H2,1-4H3;1H2/t18-;/m0./s1. The predicted octanol–water partition coefficient (Wildman–Crippen LogP) is 2.81. The van der Waals surface area contributed by atoms with E-state index in [0.29, 0.717) is 36.6 Å². The first-order chi connectivity index (χ1) is 14.9. The zero-order valence-electron chi connectivity index (χ0n) is 18.8. The highest BCUT2D eigenvalue weighted by Crippen LogP contribution is 2.30. The minimum Gasteiger partial charge on any atom is -0.473 e. The van der Waals surface area contributed by atoms with Crippen molar-refractivity contribution < 1.29 is 14.3 Å². The maximum Gasteiger partial charge on any atom is 0.242 e. The largest absolute Gasteiger partial charge is 0.473 e. The lowest BCUT2D eigenvalue weighted by Crippen LogP contribution is -2.46. The molecule has 1 amide bonds. The number of fused-ring (bicyclic) bond motifs is 1. The lowest BCUT2D eigenvalue weighted by molar-refractivity contribution is -0.137. The Hall–Kier alpha value is -2.91. The van der Waals surface area contributed by atoms with Crippen molar-refractivity contribution in [3.63, 3.8) is 0 Å². The first-order valence-corrected chi connectivity index (χ1v) is 10.3. The van der Waals surface area contributed by atoms with Crippen LogP contribution in [0.1, 0.15) is 12.5 Å². The van der Waals surface area contributed by atoms with E-state index in [2.05, 4.69) is 33.9 Å². The highest BCUT2D eigenvalue weighted by atomic mass is 32.1. The van der Waals surface area contributed by atoms with Crippen LogP contribution in [-0.2, 0) is 9.53 Å². The SMILES string of the molecule is CC(=O)N1CCO[C@H](COc2nc(-c3ccc(N(C)C)c(C)c3)cc3nccnc23)C1.S. The van der Waals surface area contributed by atoms with Crippen molar-refractivity contribution in [1.82, 2.24) is 19.9 Å². The number of carbonyl (C=O) groups is 1. The zero-order valence-corrected chi connectivity index (χ0v) is 19.8. The molecule has 1 aromatic carbocycles. The maximum absolute atomic E-state index is 11.7. The third kappa shape index (κ3) is 5.11. The number of morpholine rings is 1. The van der Waals surface area contributed by atoms with Crippen LogP contribution in [0.2, 0.25) is 0 Å². The molecule has 0 spiro atoms. The second kappa shape index (κ2) is 10.1. The molecular weight excluding hydrogens is 426 g/mol. The third-order valence-corrected chi connectivity index (χ3v) is 5.39. The Bertz CT molecular complexity index is 1110. The van der Waals surface area contributed by atoms with E-state index in [9.17, 15) is 4.79 Å². The van der Waals surface area contributed by atoms with Crippen molar-refractivity contribution in [3.8, 4) is 17.1 Å². The molecule has 1 saturated heterocycles. The molecule has 170 valence electrons. The van der Waals surface area contributed by atoms with Crippen molar-refractivity contribution in [3.05, 3.63) is 42.2 Å². The van der Waals surface area contributed by atoms with E-state index < -0.39 is 0 Å². The number of benzene rings is 1. The van der Waals surface area contributed by atoms with E-state index in [1.165, 1.54) is 0 Å². The summed E-state index contributed by atoms with van der Waals surface area (Å²) in [5.41, 5.74) is 5.39. The van der Waals surface area contributed by atoms with Crippen LogP contribution in [-0.4, -0.2) is 72.3 Å². The Morgan fingerprint density at radius 2 is 2.03 bits per heavy atom. The van der Waals surface area contributed by atoms with Crippen LogP contribution in [0.3, 0.4) is 0 Å². The molecule has 1 aliphatic heterocycles. The summed E-state index contributed by atoms with van der Waals surface area (Å²) in [5, 5.41) is 0. The molecule has 0 radical (unpaired) electrons. The zero-order chi connectivity index (χ0) is 22.0. The van der Waals surface area contributed by atoms with E-state index in [1.807, 2.05) is 26.2 Å². The van der Waals surface area contributed by atoms with E-state index >= 15 is 0 Å². The molecule has 9 heteroatoms. The van der Waals surface area contributed by atoms with E-state index in [-0.39, 0.29) is 32.1 Å². The number of anilines is 1. The summed E-state index contributed by atoms with van der Waals surface area (Å²) in [4.78, 5) is 29.2. The number of hydrogen-bond acceptors (Lipinski definition) is 7. The van der Waals surface area contributed by atoms with Crippen LogP contribution in [0, 0.1) is 6.92 Å². The number of carbonyl (C=O) groups excluding carboxylic acids is 1. The fraction of sp³-hybridized carbons (Fsp3) is 0.391. The van der Waals surface area contributed by atoms with Gasteiger partial charge in [-0.25, -0.2) is 9.97 Å². The highest BCUT2D eigenvalue weighted by molar-refractivity contribution is 7.59. The molecule has 1 atom stereocenters. The van der Waals surface area contributed by atoms with Gasteiger partial charge in [-0.3, -0.25) is 9.78 Å². The molecule has 3 aromatic rings. The summed E-state index contributed by atoms with van der Waals surface area (Å²) in [7, 11) is 4.05. The van der Waals surface area contributed by atoms with Gasteiger partial charge in [0.15, 0.2) is 5.52 Å². The molecule has 0 saturated carbocycles. The summed E-state index contributed by atoms with van der Waals surface area (Å²) in [6, 6.07) is 8.16. The predicted molar refractivity (Wildman–Crippen MR) is 130 cm³/mol. The molecule has 4 rings (SSSR count). The fourth-order valence-corrected chi connectivity index (χ4v) is 3.79. The van der Waals surface area contributed by atoms with Gasteiger partial charge in [0.2, 0.25) is 11.8 Å². The van der Waals surface area contributed by atoms with E-state index in [4.69, 9.17) is 14.5 Å². The normalized spacial score (nSPS) is 15.9. The van der Waals surface area contributed by atoms with Crippen LogP contribution < -0.4 is 9.64 Å². The summed E-state index contributed by atoms with van der Waals surface area (Å²) in [6.07, 6.45) is 3.07. The topological polar surface area (TPSA) is 80.7 Å². The molecule has 8 nitrogen and oxygen atoms in total. The Morgan fingerprint density at radius 3 is 2.75 bits per heavy atom. The molecule has 1 aliphatic rings. The smallest absolute Gasteiger partial charge is 0.242 e. The third-order valence-electron chi connectivity index (χ3n) is 5.39. The minimum atomic E-state index is -0.212. The second-order valence-electron chi connectivity index (χ2n) is 7.90. The van der Waals surface area contributed by atoms with Gasteiger partial charge in [0.05, 0.1) is 24.4 Å². The highest BCUT2D eigenvalue weighted by Gasteiger charge is 2.23. The van der Waals surface area contributed by atoms with Gasteiger partial charge in [-0.05, 0) is 30.7 Å². The monoisotopic (exact) mass is 455 g/mol. The van der Waals surface area contributed by atoms with Crippen LogP contribution in [0.25, 0.3) is 22.3 Å². The number of rotatable bonds is 5. The lowest BCUT2D eigenvalue weighted by Gasteiger charge is -2.32. The number of hydrogen-bond donors (Lipinski definition) is 0. The number of nitrogens with zero attached hydrogens (tertiary/aromatic N) is 5. The fourth-order valence-electron chi connectivity index (χ4n) is 3.79. The molecule has 1 fully saturated rings. The van der Waals surface area contributed by atoms with Crippen molar-refractivity contribution in [2.75, 3.05) is 45.3 Å². The Labute approximate surface area is 195 Å². The molecule has 0 N–H and O–H groups in total. The summed E-state index contributed by atoms with van der Waals surface area (Å²) in [6.45, 7) is 5.54. The second-order valence-corrected chi connectivity index (χ2v) is 7.90. The summed E-state index contributed by atoms with van der Waals surface area (Å²) >= 11 is 0. The number of ether oxygens (including phenoxy) is 2. The van der Waals surface area contributed by atoms with Gasteiger partial charge in [-0.15, -0.1) is 0 Å². The molecule has 32 heavy (non-hydrogen) atoms. The van der Waals surface area contributed by atoms with Crippen LogP contribution in [0.15, 0.2) is 36.7 Å². The molecule has 0 unspecified atom stereocenters. The van der Waals surface area contributed by atoms with Crippen molar-refractivity contribution in [1.29, 1.82) is 0 Å². The number of amides is 1. The molecular formula is C23H29N5O3S. The van der Waals surface area contributed by atoms with Crippen molar-refractivity contribution >= 4 is 36.1 Å². The average molecular weight is 456 g/mol. The number of aromatic nitrogens is 3. The van der Waals surface area contributed by atoms with Gasteiger partial charge < -0.3 is 19.3 Å². The Balaban J connectivity index is 0.00000289. The molecule has 2 aromatic heterocycles. The summed E-state index contributed by atoms with van der Waals surface area (Å²) < 4.78 is 11.8. The van der Waals surface area contributed by atoms with E-state index in [0.717, 1.165) is 22.5 Å². The first kappa shape index (κ1) is 23.7. The molecule has 0 aliphatic carbocycles. The van der Waals surface area contributed by atoms with Gasteiger partial charge >= 0.3 is 0 Å². The first-order valence-electron chi connectivity index (χ1n) is 10.3. The summed E-state index contributed by atoms with van der Waals surface area (Å²) in [5.74, 6) is 0.458. The van der Waals surface area contributed by atoms with Crippen LogP contribution in [0.5, 0.6) is 5.88 Å². The van der Waals surface area contributed by atoms with Gasteiger partial charge in [-0.1, -0.05) is 6.07 Å². The quantitative estimate of drug-likeness (QED) is 0.585. The van der Waals surface area contributed by atoms with Crippen molar-refractivity contribution in [2.45, 2.75) is 20.0 Å². The number of pyridine rings is 1. The average Bonchev–Trinajstić information content (AvgIpc) is 2.77. The molecule has 3 heterocycles. The van der Waals surface area contributed by atoms with Crippen molar-refractivity contribution in [2.24, 2.45) is 0 Å². The lowest BCUT2D eigenvalue weighted by atomic mass is 10.1. The van der Waals surface area contributed by atoms with E-state index in [1.54, 1.807) is 24.2 Å². The maximum atomic E-state index is 11.7.